The Kier molecular flexibility index (Phi) is 11.6. The van der Waals surface area contributed by atoms with Crippen molar-refractivity contribution < 1.29 is 18.8 Å². The number of carbonyl (C=O) groups excluding carboxylic acids is 1. The van der Waals surface area contributed by atoms with Gasteiger partial charge in [0.25, 0.3) is 5.91 Å². The van der Waals surface area contributed by atoms with E-state index in [0.717, 1.165) is 41.6 Å². The van der Waals surface area contributed by atoms with Crippen LogP contribution in [0.4, 0.5) is 0 Å². The van der Waals surface area contributed by atoms with Gasteiger partial charge in [0.1, 0.15) is 22.5 Å². The number of phenols is 1. The molecule has 0 saturated carbocycles. The van der Waals surface area contributed by atoms with Gasteiger partial charge in [-0.3, -0.25) is 4.79 Å². The lowest BCUT2D eigenvalue weighted by Gasteiger charge is -2.35. The van der Waals surface area contributed by atoms with Gasteiger partial charge in [0, 0.05) is 36.3 Å². The molecule has 260 valence electrons. The molecule has 0 spiro atoms. The number of hydrogen-bond acceptors (Lipinski definition) is 6. The second-order valence-corrected chi connectivity index (χ2v) is 18.8. The van der Waals surface area contributed by atoms with Crippen LogP contribution < -0.4 is 5.32 Å². The molecule has 0 saturated heterocycles. The third kappa shape index (κ3) is 8.54. The first-order chi connectivity index (χ1) is 22.6. The molecule has 0 aliphatic carbocycles. The van der Waals surface area contributed by atoms with Gasteiger partial charge in [-0.15, -0.1) is 15.0 Å². The van der Waals surface area contributed by atoms with Crippen LogP contribution in [0.3, 0.4) is 0 Å². The molecule has 0 radical (unpaired) electrons. The van der Waals surface area contributed by atoms with Crippen LogP contribution >= 0.6 is 0 Å². The van der Waals surface area contributed by atoms with Crippen LogP contribution in [0.1, 0.15) is 109 Å². The van der Waals surface area contributed by atoms with E-state index in [1.54, 1.807) is 12.1 Å². The van der Waals surface area contributed by atoms with Crippen molar-refractivity contribution in [3.63, 3.8) is 0 Å². The van der Waals surface area contributed by atoms with Crippen molar-refractivity contribution in [3.05, 3.63) is 82.9 Å². The van der Waals surface area contributed by atoms with E-state index in [4.69, 9.17) is 19.0 Å². The zero-order valence-electron chi connectivity index (χ0n) is 30.7. The summed E-state index contributed by atoms with van der Waals surface area (Å²) in [4.78, 5) is 14.7. The third-order valence-corrected chi connectivity index (χ3v) is 13.1. The lowest BCUT2D eigenvalue weighted by molar-refractivity contribution is 0.0952. The van der Waals surface area contributed by atoms with Crippen LogP contribution in [0.5, 0.6) is 5.75 Å². The number of hydrogen-bond donors (Lipinski definition) is 2. The van der Waals surface area contributed by atoms with Crippen LogP contribution in [0.2, 0.25) is 12.1 Å². The molecule has 1 heterocycles. The highest BCUT2D eigenvalue weighted by molar-refractivity contribution is 6.67. The van der Waals surface area contributed by atoms with Crippen LogP contribution in [-0.4, -0.2) is 54.3 Å². The molecule has 0 atom stereocenters. The first-order valence-corrected chi connectivity index (χ1v) is 19.7. The number of phenolic OH excluding ortho intramolecular Hbond substituents is 1. The van der Waals surface area contributed by atoms with Gasteiger partial charge < -0.3 is 19.3 Å². The lowest BCUT2D eigenvalue weighted by atomic mass is 9.70. The van der Waals surface area contributed by atoms with Crippen molar-refractivity contribution in [2.75, 3.05) is 19.8 Å². The number of carbonyl (C=O) groups is 1. The first-order valence-electron chi connectivity index (χ1n) is 17.4. The average Bonchev–Trinajstić information content (AvgIpc) is 3.45. The highest BCUT2D eigenvalue weighted by Gasteiger charge is 2.35. The van der Waals surface area contributed by atoms with Crippen molar-refractivity contribution in [1.82, 2.24) is 20.3 Å². The van der Waals surface area contributed by atoms with E-state index in [1.165, 1.54) is 4.80 Å². The molecule has 0 bridgehead atoms. The van der Waals surface area contributed by atoms with E-state index < -0.39 is 14.0 Å². The van der Waals surface area contributed by atoms with Gasteiger partial charge in [0.15, 0.2) is 0 Å². The summed E-state index contributed by atoms with van der Waals surface area (Å²) in [7, 11) is -2.25. The molecule has 1 aromatic heterocycles. The summed E-state index contributed by atoms with van der Waals surface area (Å²) in [5.41, 5.74) is 4.69. The summed E-state index contributed by atoms with van der Waals surface area (Å²) in [5, 5.41) is 24.5. The summed E-state index contributed by atoms with van der Waals surface area (Å²) in [6, 6.07) is 21.5. The van der Waals surface area contributed by atoms with Gasteiger partial charge in [0.05, 0.1) is 0 Å². The largest absolute Gasteiger partial charge is 0.505 e. The van der Waals surface area contributed by atoms with Crippen LogP contribution in [0.25, 0.3) is 16.7 Å². The second-order valence-electron chi connectivity index (χ2n) is 15.2. The van der Waals surface area contributed by atoms with Gasteiger partial charge in [0.2, 0.25) is 0 Å². The standard InChI is InChI=1S/C39H56N4O4Si/c1-11-46-48(13-3,47-12-2)23-17-22-40-36(45)28-20-21-32-33(24-28)42-43(41-32)34-26-30(38(7,8)27-37(4,5)6)25-31(35(34)44)39(9,10)29-18-15-14-16-19-29/h14-16,18-21,24-26,44H,11-13,17,22-23,27H2,1-10H3,(H,40,45). The minimum Gasteiger partial charge on any atom is -0.505 e. The minimum absolute atomic E-state index is 0.0971. The van der Waals surface area contributed by atoms with Gasteiger partial charge >= 0.3 is 8.56 Å². The zero-order valence-corrected chi connectivity index (χ0v) is 31.7. The molecular weight excluding hydrogens is 617 g/mol. The fraction of sp³-hybridized carbons (Fsp3) is 0.513. The molecule has 0 aliphatic rings. The van der Waals surface area contributed by atoms with Gasteiger partial charge in [-0.25, -0.2) is 0 Å². The Morgan fingerprint density at radius 1 is 0.854 bits per heavy atom. The molecule has 4 rings (SSSR count). The van der Waals surface area contributed by atoms with Crippen molar-refractivity contribution in [2.24, 2.45) is 5.41 Å². The maximum Gasteiger partial charge on any atom is 0.337 e. The first kappa shape index (κ1) is 37.3. The molecule has 4 aromatic rings. The molecule has 8 nitrogen and oxygen atoms in total. The van der Waals surface area contributed by atoms with Gasteiger partial charge in [-0.1, -0.05) is 91.8 Å². The second kappa shape index (κ2) is 14.9. The van der Waals surface area contributed by atoms with E-state index in [9.17, 15) is 9.90 Å². The normalized spacial score (nSPS) is 12.9. The maximum atomic E-state index is 13.2. The molecule has 0 unspecified atom stereocenters. The molecule has 48 heavy (non-hydrogen) atoms. The summed E-state index contributed by atoms with van der Waals surface area (Å²) in [6.45, 7) is 23.5. The Morgan fingerprint density at radius 2 is 1.50 bits per heavy atom. The molecule has 9 heteroatoms. The Hall–Kier alpha value is -3.53. The van der Waals surface area contributed by atoms with Crippen molar-refractivity contribution >= 4 is 25.5 Å². The van der Waals surface area contributed by atoms with Crippen LogP contribution in [0, 0.1) is 5.41 Å². The smallest absolute Gasteiger partial charge is 0.337 e. The number of aromatic nitrogens is 3. The van der Waals surface area contributed by atoms with Crippen LogP contribution in [-0.2, 0) is 19.7 Å². The SMILES string of the molecule is CCO[Si](CC)(CCCNC(=O)c1ccc2nn(-c3cc(C(C)(C)CC(C)(C)C)cc(C(C)(C)c4ccccc4)c3O)nc2c1)OCC. The van der Waals surface area contributed by atoms with E-state index in [2.05, 4.69) is 78.9 Å². The topological polar surface area (TPSA) is 98.5 Å². The van der Waals surface area contributed by atoms with Crippen molar-refractivity contribution in [3.8, 4) is 11.4 Å². The van der Waals surface area contributed by atoms with E-state index in [0.29, 0.717) is 42.0 Å². The fourth-order valence-corrected chi connectivity index (χ4v) is 9.90. The molecule has 2 N–H and O–H groups in total. The predicted molar refractivity (Wildman–Crippen MR) is 197 cm³/mol. The minimum atomic E-state index is -2.25. The number of rotatable bonds is 15. The Bertz CT molecular complexity index is 1690. The molecule has 0 fully saturated rings. The summed E-state index contributed by atoms with van der Waals surface area (Å²) >= 11 is 0. The number of fused-ring (bicyclic) bond motifs is 1. The van der Waals surface area contributed by atoms with E-state index >= 15 is 0 Å². The predicted octanol–water partition coefficient (Wildman–Crippen LogP) is 8.82. The third-order valence-electron chi connectivity index (χ3n) is 9.24. The number of aromatic hydroxyl groups is 1. The zero-order chi connectivity index (χ0) is 35.3. The van der Waals surface area contributed by atoms with Gasteiger partial charge in [-0.05, 0) is 85.0 Å². The highest BCUT2D eigenvalue weighted by atomic mass is 28.4. The van der Waals surface area contributed by atoms with E-state index in [-0.39, 0.29) is 22.5 Å². The fourth-order valence-electron chi connectivity index (χ4n) is 7.00. The van der Waals surface area contributed by atoms with Crippen molar-refractivity contribution in [2.45, 2.75) is 105 Å². The van der Waals surface area contributed by atoms with E-state index in [1.807, 2.05) is 44.2 Å². The number of nitrogens with zero attached hydrogens (tertiary/aromatic N) is 3. The quantitative estimate of drug-likeness (QED) is 0.0968. The van der Waals surface area contributed by atoms with Crippen LogP contribution in [0.15, 0.2) is 60.7 Å². The lowest BCUT2D eigenvalue weighted by Crippen LogP contribution is -2.42. The monoisotopic (exact) mass is 672 g/mol. The summed E-state index contributed by atoms with van der Waals surface area (Å²) in [5.74, 6) is -0.0213. The summed E-state index contributed by atoms with van der Waals surface area (Å²) < 4.78 is 12.1. The Morgan fingerprint density at radius 3 is 2.10 bits per heavy atom. The molecule has 3 aromatic carbocycles. The Labute approximate surface area is 288 Å². The van der Waals surface area contributed by atoms with Gasteiger partial charge in [-0.2, -0.15) is 0 Å². The maximum absolute atomic E-state index is 13.2. The molecule has 0 aliphatic heterocycles. The molecular formula is C39H56N4O4Si. The van der Waals surface area contributed by atoms with Crippen molar-refractivity contribution in [1.29, 1.82) is 0 Å². The highest BCUT2D eigenvalue weighted by Crippen LogP contribution is 2.44. The summed E-state index contributed by atoms with van der Waals surface area (Å²) in [6.07, 6.45) is 1.73. The number of amides is 1. The number of benzene rings is 3. The Balaban J connectivity index is 1.67. The number of nitrogens with one attached hydrogen (secondary N) is 1. The average molecular weight is 673 g/mol. The molecule has 1 amide bonds.